The Bertz CT molecular complexity index is 4550. The van der Waals surface area contributed by atoms with Gasteiger partial charge in [0.25, 0.3) is 0 Å². The molecular formula is C70H50N6. The van der Waals surface area contributed by atoms with Gasteiger partial charge in [-0.15, -0.1) is 0 Å². The average Bonchev–Trinajstić information content (AvgIpc) is 4.23. The summed E-state index contributed by atoms with van der Waals surface area (Å²) in [6.07, 6.45) is 12.1. The van der Waals surface area contributed by atoms with Crippen LogP contribution in [0.15, 0.2) is 97.1 Å². The summed E-state index contributed by atoms with van der Waals surface area (Å²) < 4.78 is 4.97. The molecule has 8 aromatic carbocycles. The first-order chi connectivity index (χ1) is 37.3. The maximum Gasteiger partial charge on any atom is 0.197 e. The molecule has 6 nitrogen and oxygen atoms in total. The van der Waals surface area contributed by atoms with Crippen molar-refractivity contribution in [1.29, 1.82) is 10.5 Å². The van der Waals surface area contributed by atoms with Crippen LogP contribution in [-0.4, -0.2) is 8.80 Å². The van der Waals surface area contributed by atoms with Crippen molar-refractivity contribution in [3.05, 3.63) is 164 Å². The van der Waals surface area contributed by atoms with E-state index in [1.54, 1.807) is 0 Å². The van der Waals surface area contributed by atoms with Crippen LogP contribution < -0.4 is 0 Å². The highest BCUT2D eigenvalue weighted by molar-refractivity contribution is 6.43. The van der Waals surface area contributed by atoms with E-state index in [1.807, 2.05) is 12.1 Å². The molecule has 4 heterocycles. The van der Waals surface area contributed by atoms with Crippen LogP contribution in [-0.2, 0) is 0 Å². The van der Waals surface area contributed by atoms with E-state index in [-0.39, 0.29) is 0 Å². The third kappa shape index (κ3) is 4.93. The van der Waals surface area contributed by atoms with Crippen molar-refractivity contribution in [2.24, 2.45) is 23.7 Å². The molecule has 0 saturated heterocycles. The molecule has 8 aliphatic rings. The molecule has 76 heavy (non-hydrogen) atoms. The summed E-state index contributed by atoms with van der Waals surface area (Å²) in [5.74, 6) is 4.38. The smallest absolute Gasteiger partial charge is 0.197 e. The molecule has 0 aliphatic heterocycles. The Morgan fingerprint density at radius 3 is 1.38 bits per heavy atom. The van der Waals surface area contributed by atoms with E-state index >= 15 is 0 Å². The maximum absolute atomic E-state index is 11.3. The molecule has 20 rings (SSSR count). The van der Waals surface area contributed by atoms with E-state index < -0.39 is 0 Å². The molecule has 0 N–H and O–H groups in total. The van der Waals surface area contributed by atoms with E-state index in [4.69, 9.17) is 13.1 Å². The zero-order valence-electron chi connectivity index (χ0n) is 42.6. The van der Waals surface area contributed by atoms with Gasteiger partial charge in [-0.25, -0.2) is 9.69 Å². The molecule has 4 aromatic heterocycles. The number of hydrogen-bond acceptors (Lipinski definition) is 2. The quantitative estimate of drug-likeness (QED) is 0.162. The van der Waals surface area contributed by atoms with Crippen LogP contribution in [0.4, 0.5) is 11.4 Å². The first-order valence-electron chi connectivity index (χ1n) is 28.0. The van der Waals surface area contributed by atoms with Crippen LogP contribution in [0.2, 0.25) is 0 Å². The van der Waals surface area contributed by atoms with Crippen molar-refractivity contribution in [2.75, 3.05) is 0 Å². The second-order valence-corrected chi connectivity index (χ2v) is 24.7. The fourth-order valence-electron chi connectivity index (χ4n) is 19.2. The van der Waals surface area contributed by atoms with Gasteiger partial charge in [-0.1, -0.05) is 60.7 Å². The number of nitriles is 2. The Morgan fingerprint density at radius 2 is 0.855 bits per heavy atom. The van der Waals surface area contributed by atoms with Crippen LogP contribution in [0, 0.1) is 73.3 Å². The highest BCUT2D eigenvalue weighted by Gasteiger charge is 2.47. The number of hydrogen-bond donors (Lipinski definition) is 0. The van der Waals surface area contributed by atoms with Gasteiger partial charge in [-0.2, -0.15) is 10.5 Å². The van der Waals surface area contributed by atoms with Crippen molar-refractivity contribution < 1.29 is 0 Å². The predicted octanol–water partition coefficient (Wildman–Crippen LogP) is 18.7. The molecule has 360 valence electrons. The lowest BCUT2D eigenvalue weighted by atomic mass is 9.67. The molecule has 4 fully saturated rings. The van der Waals surface area contributed by atoms with Gasteiger partial charge in [0.1, 0.15) is 0 Å². The highest BCUT2D eigenvalue weighted by Crippen LogP contribution is 2.64. The summed E-state index contributed by atoms with van der Waals surface area (Å²) in [4.78, 5) is 8.79. The van der Waals surface area contributed by atoms with Crippen molar-refractivity contribution >= 4 is 98.3 Å². The van der Waals surface area contributed by atoms with Gasteiger partial charge >= 0.3 is 0 Å². The number of nitrogens with zero attached hydrogens (tertiary/aromatic N) is 6. The summed E-state index contributed by atoms with van der Waals surface area (Å²) >= 11 is 0. The minimum absolute atomic E-state index is 0.394. The second-order valence-electron chi connectivity index (χ2n) is 24.7. The highest BCUT2D eigenvalue weighted by atomic mass is 14.9. The third-order valence-corrected chi connectivity index (χ3v) is 21.2. The topological polar surface area (TPSA) is 65.1 Å². The third-order valence-electron chi connectivity index (χ3n) is 21.2. The molecule has 4 atom stereocenters. The SMILES string of the molecule is [C-]#[N+]c1cc2c(c(C)c1-c1ccccc1)c1c3c(cc4c5c6c(c(C#N)cc5n5c7cc(C#N)c(-c8ccccc8)c(C)c7c3c45)C3CC4CC(C3)CC6C4)cc3c4c5c(c([N+]#[C-])cc4n2c31)C1CC2CC(C1)CC5C2. The van der Waals surface area contributed by atoms with Gasteiger partial charge in [0, 0.05) is 65.1 Å². The van der Waals surface area contributed by atoms with E-state index in [0.717, 1.165) is 77.5 Å². The fourth-order valence-corrected chi connectivity index (χ4v) is 19.2. The Labute approximate surface area is 439 Å². The average molecular weight is 975 g/mol. The zero-order valence-corrected chi connectivity index (χ0v) is 42.6. The summed E-state index contributed by atoms with van der Waals surface area (Å²) in [6, 6.07) is 40.4. The minimum Gasteiger partial charge on any atom is -0.310 e. The standard InChI is InChI=1S/C70H50N6/c1-33-56(39-11-7-5-8-12-39)46(31-71)27-52-58(33)67-64-45(25-48-65-53(75(52)69(48)67)28-47(32-72)60-41-17-35-15-36(18-41)22-43(21-35)62(60)65)26-49-66-55(30-51(74-4)61-42-19-37-16-38(20-42)24-44(23-37)63(61)66)76-54-29-50(73-3)57(40-13-9-6-10-14-40)34(2)59(54)68(64)70(49)76/h5-14,25-30,35-38,41-44H,15-24H2,1-2H3. The summed E-state index contributed by atoms with van der Waals surface area (Å²) in [6.45, 7) is 22.2. The van der Waals surface area contributed by atoms with Crippen LogP contribution in [0.25, 0.3) is 119 Å². The van der Waals surface area contributed by atoms with E-state index in [0.29, 0.717) is 58.6 Å². The molecule has 0 amide bonds. The fraction of sp³-hybridized carbons (Fsp3) is 0.286. The van der Waals surface area contributed by atoms with Gasteiger partial charge < -0.3 is 8.80 Å². The molecule has 0 spiro atoms. The van der Waals surface area contributed by atoms with E-state index in [9.17, 15) is 10.5 Å². The first kappa shape index (κ1) is 41.9. The lowest BCUT2D eigenvalue weighted by Crippen LogP contribution is -2.25. The Balaban J connectivity index is 1.13. The number of fused-ring (bicyclic) bond motifs is 15. The number of benzene rings is 8. The molecule has 12 aromatic rings. The van der Waals surface area contributed by atoms with Crippen molar-refractivity contribution in [3.8, 4) is 34.4 Å². The number of aromatic nitrogens is 2. The van der Waals surface area contributed by atoms with Crippen LogP contribution in [0.3, 0.4) is 0 Å². The molecular weight excluding hydrogens is 925 g/mol. The zero-order chi connectivity index (χ0) is 50.3. The van der Waals surface area contributed by atoms with Crippen LogP contribution in [0.5, 0.6) is 0 Å². The summed E-state index contributed by atoms with van der Waals surface area (Å²) in [5, 5.41) is 34.7. The van der Waals surface area contributed by atoms with Crippen molar-refractivity contribution in [2.45, 2.75) is 102 Å². The Kier molecular flexibility index (Phi) is 7.87. The van der Waals surface area contributed by atoms with Gasteiger partial charge in [0.15, 0.2) is 11.4 Å². The first-order valence-corrected chi connectivity index (χ1v) is 28.0. The molecule has 4 saturated carbocycles. The molecule has 8 bridgehead atoms. The summed E-state index contributed by atoms with van der Waals surface area (Å²) in [7, 11) is 0. The number of aryl methyl sites for hydroxylation is 2. The largest absolute Gasteiger partial charge is 0.310 e. The molecule has 8 aliphatic carbocycles. The Hall–Kier alpha value is -8.42. The monoisotopic (exact) mass is 974 g/mol. The van der Waals surface area contributed by atoms with Gasteiger partial charge in [-0.3, -0.25) is 0 Å². The molecule has 6 heteroatoms. The second kappa shape index (κ2) is 14.3. The Morgan fingerprint density at radius 1 is 0.434 bits per heavy atom. The number of rotatable bonds is 2. The predicted molar refractivity (Wildman–Crippen MR) is 307 cm³/mol. The van der Waals surface area contributed by atoms with Gasteiger partial charge in [0.2, 0.25) is 0 Å². The van der Waals surface area contributed by atoms with Gasteiger partial charge in [-0.05, 0) is 217 Å². The van der Waals surface area contributed by atoms with Crippen molar-refractivity contribution in [1.82, 2.24) is 8.80 Å². The maximum atomic E-state index is 11.3. The summed E-state index contributed by atoms with van der Waals surface area (Å²) in [5.41, 5.74) is 21.1. The van der Waals surface area contributed by atoms with Gasteiger partial charge in [0.05, 0.1) is 58.5 Å². The van der Waals surface area contributed by atoms with Crippen LogP contribution in [0.1, 0.15) is 132 Å². The van der Waals surface area contributed by atoms with Crippen molar-refractivity contribution in [3.63, 3.8) is 0 Å². The lowest BCUT2D eigenvalue weighted by Gasteiger charge is -2.38. The van der Waals surface area contributed by atoms with E-state index in [1.165, 1.54) is 141 Å². The normalized spacial score (nSPS) is 24.1. The lowest BCUT2D eigenvalue weighted by molar-refractivity contribution is 0.166. The van der Waals surface area contributed by atoms with E-state index in [2.05, 4.69) is 129 Å². The van der Waals surface area contributed by atoms with Crippen LogP contribution >= 0.6 is 0 Å². The molecule has 4 unspecified atom stereocenters. The molecule has 0 radical (unpaired) electrons. The minimum atomic E-state index is 0.394.